The molecule has 0 spiro atoms. The summed E-state index contributed by atoms with van der Waals surface area (Å²) in [5.41, 5.74) is 0.945. The van der Waals surface area contributed by atoms with Crippen LogP contribution in [0.15, 0.2) is 17.9 Å². The zero-order valence-corrected chi connectivity index (χ0v) is 9.10. The fourth-order valence-corrected chi connectivity index (χ4v) is 1.39. The Morgan fingerprint density at radius 1 is 1.56 bits per heavy atom. The molecule has 0 aliphatic heterocycles. The first-order valence-corrected chi connectivity index (χ1v) is 5.01. The van der Waals surface area contributed by atoms with Crippen LogP contribution in [0, 0.1) is 5.41 Å². The van der Waals surface area contributed by atoms with Gasteiger partial charge in [0.1, 0.15) is 0 Å². The number of nitrogens with zero attached hydrogens (tertiary/aromatic N) is 1. The van der Waals surface area contributed by atoms with E-state index in [0.717, 1.165) is 0 Å². The number of rotatable bonds is 5. The summed E-state index contributed by atoms with van der Waals surface area (Å²) in [5, 5.41) is 3.69. The molecule has 1 N–H and O–H groups in total. The molecule has 0 heterocycles. The maximum absolute atomic E-state index is 12.5. The van der Waals surface area contributed by atoms with E-state index in [9.17, 15) is 13.2 Å². The van der Waals surface area contributed by atoms with Crippen molar-refractivity contribution in [1.82, 2.24) is 5.43 Å². The van der Waals surface area contributed by atoms with Crippen LogP contribution in [0.2, 0.25) is 0 Å². The molecule has 0 aromatic carbocycles. The van der Waals surface area contributed by atoms with E-state index in [4.69, 9.17) is 4.74 Å². The second-order valence-electron chi connectivity index (χ2n) is 3.84. The molecule has 0 aromatic rings. The summed E-state index contributed by atoms with van der Waals surface area (Å²) in [4.78, 5) is 0. The first kappa shape index (κ1) is 12.9. The van der Waals surface area contributed by atoms with E-state index in [-0.39, 0.29) is 25.9 Å². The van der Waals surface area contributed by atoms with Gasteiger partial charge in [-0.1, -0.05) is 6.58 Å². The summed E-state index contributed by atoms with van der Waals surface area (Å²) >= 11 is 0. The van der Waals surface area contributed by atoms with Gasteiger partial charge in [-0.05, 0) is 19.3 Å². The van der Waals surface area contributed by atoms with Gasteiger partial charge in [-0.25, -0.2) is 0 Å². The van der Waals surface area contributed by atoms with Crippen LogP contribution in [-0.2, 0) is 4.74 Å². The van der Waals surface area contributed by atoms with Crippen LogP contribution < -0.4 is 5.43 Å². The molecule has 92 valence electrons. The first-order valence-electron chi connectivity index (χ1n) is 5.01. The fraction of sp³-hybridized carbons (Fsp3) is 0.700. The summed E-state index contributed by atoms with van der Waals surface area (Å²) in [6, 6.07) is 0. The predicted molar refractivity (Wildman–Crippen MR) is 54.7 cm³/mol. The maximum atomic E-state index is 12.5. The molecule has 1 fully saturated rings. The number of hydrazone groups is 1. The molecular weight excluding hydrogens is 221 g/mol. The van der Waals surface area contributed by atoms with Gasteiger partial charge in [0.2, 0.25) is 5.90 Å². The average molecular weight is 236 g/mol. The number of ether oxygens (including phenoxy) is 1. The van der Waals surface area contributed by atoms with Crippen LogP contribution in [0.1, 0.15) is 26.2 Å². The van der Waals surface area contributed by atoms with Gasteiger partial charge in [-0.3, -0.25) is 5.43 Å². The Morgan fingerprint density at radius 2 is 2.19 bits per heavy atom. The van der Waals surface area contributed by atoms with Crippen LogP contribution in [0.3, 0.4) is 0 Å². The van der Waals surface area contributed by atoms with Crippen molar-refractivity contribution in [1.29, 1.82) is 0 Å². The van der Waals surface area contributed by atoms with Gasteiger partial charge in [0.05, 0.1) is 12.0 Å². The van der Waals surface area contributed by atoms with Gasteiger partial charge < -0.3 is 4.74 Å². The normalized spacial score (nSPS) is 19.1. The SMILES string of the molecule is C=CN/N=C(\C)OCCC1(C(F)(F)F)CC1. The molecule has 0 bridgehead atoms. The van der Waals surface area contributed by atoms with E-state index >= 15 is 0 Å². The number of alkyl halides is 3. The molecule has 1 aliphatic rings. The molecule has 16 heavy (non-hydrogen) atoms. The van der Waals surface area contributed by atoms with Crippen molar-refractivity contribution in [3.05, 3.63) is 12.8 Å². The highest BCUT2D eigenvalue weighted by molar-refractivity contribution is 5.72. The first-order chi connectivity index (χ1) is 7.41. The molecule has 0 unspecified atom stereocenters. The van der Waals surface area contributed by atoms with E-state index < -0.39 is 11.6 Å². The quantitative estimate of drug-likeness (QED) is 0.452. The topological polar surface area (TPSA) is 33.6 Å². The van der Waals surface area contributed by atoms with Crippen molar-refractivity contribution in [3.8, 4) is 0 Å². The van der Waals surface area contributed by atoms with Gasteiger partial charge in [0.25, 0.3) is 0 Å². The highest BCUT2D eigenvalue weighted by Gasteiger charge is 2.62. The number of nitrogens with one attached hydrogen (secondary N) is 1. The van der Waals surface area contributed by atoms with E-state index in [2.05, 4.69) is 17.1 Å². The summed E-state index contributed by atoms with van der Waals surface area (Å²) in [6.45, 7) is 4.98. The Labute approximate surface area is 92.4 Å². The Kier molecular flexibility index (Phi) is 3.83. The molecule has 0 radical (unpaired) electrons. The van der Waals surface area contributed by atoms with Gasteiger partial charge in [0.15, 0.2) is 0 Å². The smallest absolute Gasteiger partial charge is 0.394 e. The third-order valence-corrected chi connectivity index (χ3v) is 2.66. The summed E-state index contributed by atoms with van der Waals surface area (Å²) in [5.74, 6) is 0.304. The number of hydrogen-bond donors (Lipinski definition) is 1. The summed E-state index contributed by atoms with van der Waals surface area (Å²) in [7, 11) is 0. The lowest BCUT2D eigenvalue weighted by atomic mass is 10.0. The minimum absolute atomic E-state index is 0.00253. The molecule has 6 heteroatoms. The van der Waals surface area contributed by atoms with Crippen molar-refractivity contribution >= 4 is 5.90 Å². The third-order valence-electron chi connectivity index (χ3n) is 2.66. The second-order valence-corrected chi connectivity index (χ2v) is 3.84. The Bertz CT molecular complexity index is 282. The van der Waals surface area contributed by atoms with Gasteiger partial charge in [-0.15, -0.1) is 5.10 Å². The molecular formula is C10H15F3N2O. The van der Waals surface area contributed by atoms with Crippen LogP contribution in [0.5, 0.6) is 0 Å². The minimum atomic E-state index is -4.11. The number of halogens is 3. The summed E-state index contributed by atoms with van der Waals surface area (Å²) in [6.07, 6.45) is -2.34. The molecule has 1 saturated carbocycles. The Hall–Kier alpha value is -1.20. The Balaban J connectivity index is 2.29. The molecule has 0 saturated heterocycles. The lowest BCUT2D eigenvalue weighted by Crippen LogP contribution is -2.26. The van der Waals surface area contributed by atoms with Gasteiger partial charge >= 0.3 is 6.18 Å². The van der Waals surface area contributed by atoms with Crippen LogP contribution >= 0.6 is 0 Å². The lowest BCUT2D eigenvalue weighted by molar-refractivity contribution is -0.190. The zero-order valence-electron chi connectivity index (χ0n) is 9.10. The molecule has 1 aliphatic carbocycles. The van der Waals surface area contributed by atoms with Crippen molar-refractivity contribution in [2.45, 2.75) is 32.4 Å². The van der Waals surface area contributed by atoms with E-state index in [1.807, 2.05) is 0 Å². The van der Waals surface area contributed by atoms with Crippen molar-refractivity contribution in [2.24, 2.45) is 10.5 Å². The molecule has 3 nitrogen and oxygen atoms in total. The third kappa shape index (κ3) is 3.15. The highest BCUT2D eigenvalue weighted by Crippen LogP contribution is 2.59. The van der Waals surface area contributed by atoms with Crippen molar-refractivity contribution in [3.63, 3.8) is 0 Å². The van der Waals surface area contributed by atoms with Gasteiger partial charge in [0, 0.05) is 13.1 Å². The van der Waals surface area contributed by atoms with Crippen LogP contribution in [0.4, 0.5) is 13.2 Å². The standard InChI is InChI=1S/C10H15F3N2O/c1-3-14-15-8(2)16-7-6-9(4-5-9)10(11,12)13/h3,14H,1,4-7H2,2H3/b15-8+. The van der Waals surface area contributed by atoms with E-state index in [1.165, 1.54) is 6.20 Å². The van der Waals surface area contributed by atoms with Gasteiger partial charge in [-0.2, -0.15) is 13.2 Å². The Morgan fingerprint density at radius 3 is 2.62 bits per heavy atom. The molecule has 0 aromatic heterocycles. The maximum Gasteiger partial charge on any atom is 0.394 e. The van der Waals surface area contributed by atoms with Crippen molar-refractivity contribution < 1.29 is 17.9 Å². The van der Waals surface area contributed by atoms with Crippen molar-refractivity contribution in [2.75, 3.05) is 6.61 Å². The lowest BCUT2D eigenvalue weighted by Gasteiger charge is -2.18. The van der Waals surface area contributed by atoms with Crippen LogP contribution in [-0.4, -0.2) is 18.7 Å². The summed E-state index contributed by atoms with van der Waals surface area (Å²) < 4.78 is 42.6. The van der Waals surface area contributed by atoms with Crippen LogP contribution in [0.25, 0.3) is 0 Å². The average Bonchev–Trinajstić information content (AvgIpc) is 2.95. The fourth-order valence-electron chi connectivity index (χ4n) is 1.39. The largest absolute Gasteiger partial charge is 0.480 e. The van der Waals surface area contributed by atoms with E-state index in [0.29, 0.717) is 5.90 Å². The minimum Gasteiger partial charge on any atom is -0.480 e. The highest BCUT2D eigenvalue weighted by atomic mass is 19.4. The number of hydrogen-bond acceptors (Lipinski definition) is 3. The molecule has 0 atom stereocenters. The predicted octanol–water partition coefficient (Wildman–Crippen LogP) is 2.80. The monoisotopic (exact) mass is 236 g/mol. The molecule has 0 amide bonds. The molecule has 1 rings (SSSR count). The zero-order chi connectivity index (χ0) is 12.2. The second kappa shape index (κ2) is 4.76. The van der Waals surface area contributed by atoms with E-state index in [1.54, 1.807) is 6.92 Å².